The maximum Gasteiger partial charge on any atom is 0.0358 e. The van der Waals surface area contributed by atoms with Gasteiger partial charge in [0, 0.05) is 31.2 Å². The number of likely N-dealkylation sites (N-methyl/N-ethyl adjacent to an activating group) is 1. The van der Waals surface area contributed by atoms with E-state index in [1.54, 1.807) is 0 Å². The van der Waals surface area contributed by atoms with E-state index in [1.807, 2.05) is 0 Å². The first-order valence-electron chi connectivity index (χ1n) is 7.96. The van der Waals surface area contributed by atoms with Crippen molar-refractivity contribution in [3.63, 3.8) is 0 Å². The molecule has 3 nitrogen and oxygen atoms in total. The van der Waals surface area contributed by atoms with Crippen molar-refractivity contribution in [1.82, 2.24) is 9.80 Å². The van der Waals surface area contributed by atoms with Gasteiger partial charge in [-0.1, -0.05) is 6.92 Å². The third-order valence-corrected chi connectivity index (χ3v) is 5.59. The lowest BCUT2D eigenvalue weighted by molar-refractivity contribution is 0.0105. The highest BCUT2D eigenvalue weighted by atomic mass is 15.3. The van der Waals surface area contributed by atoms with Crippen LogP contribution in [0.4, 0.5) is 0 Å². The minimum Gasteiger partial charge on any atom is -0.329 e. The van der Waals surface area contributed by atoms with Gasteiger partial charge in [0.2, 0.25) is 0 Å². The van der Waals surface area contributed by atoms with Gasteiger partial charge < -0.3 is 10.6 Å². The maximum absolute atomic E-state index is 6.23. The van der Waals surface area contributed by atoms with Crippen LogP contribution in [0.25, 0.3) is 0 Å². The van der Waals surface area contributed by atoms with E-state index in [-0.39, 0.29) is 0 Å². The second-order valence-corrected chi connectivity index (χ2v) is 6.70. The largest absolute Gasteiger partial charge is 0.329 e. The van der Waals surface area contributed by atoms with Crippen LogP contribution >= 0.6 is 0 Å². The third-order valence-electron chi connectivity index (χ3n) is 5.59. The molecular formula is C15H29N3. The summed E-state index contributed by atoms with van der Waals surface area (Å²) in [5.41, 5.74) is 6.56. The van der Waals surface area contributed by atoms with Gasteiger partial charge in [-0.3, -0.25) is 4.90 Å². The van der Waals surface area contributed by atoms with Gasteiger partial charge in [0.1, 0.15) is 0 Å². The number of hydrogen-bond donors (Lipinski definition) is 1. The number of piperidine rings is 1. The summed E-state index contributed by atoms with van der Waals surface area (Å²) in [5.74, 6) is 0.981. The van der Waals surface area contributed by atoms with E-state index in [1.165, 1.54) is 64.7 Å². The molecule has 0 radical (unpaired) electrons. The van der Waals surface area contributed by atoms with Crippen LogP contribution in [0.5, 0.6) is 0 Å². The van der Waals surface area contributed by atoms with Gasteiger partial charge >= 0.3 is 0 Å². The van der Waals surface area contributed by atoms with E-state index < -0.39 is 0 Å². The van der Waals surface area contributed by atoms with Crippen LogP contribution in [0.3, 0.4) is 0 Å². The first kappa shape index (κ1) is 12.9. The molecule has 0 bridgehead atoms. The third kappa shape index (κ3) is 2.33. The van der Waals surface area contributed by atoms with Crippen LogP contribution in [-0.2, 0) is 0 Å². The lowest BCUT2D eigenvalue weighted by Crippen LogP contribution is -2.61. The second kappa shape index (κ2) is 5.10. The Hall–Kier alpha value is -0.120. The fourth-order valence-corrected chi connectivity index (χ4v) is 4.19. The van der Waals surface area contributed by atoms with E-state index in [4.69, 9.17) is 5.73 Å². The zero-order chi connectivity index (χ0) is 12.6. The topological polar surface area (TPSA) is 32.5 Å². The van der Waals surface area contributed by atoms with Crippen LogP contribution in [0.1, 0.15) is 45.4 Å². The Kier molecular flexibility index (Phi) is 3.65. The molecule has 0 aromatic rings. The van der Waals surface area contributed by atoms with Crippen molar-refractivity contribution in [3.8, 4) is 0 Å². The Morgan fingerprint density at radius 3 is 2.78 bits per heavy atom. The molecule has 18 heavy (non-hydrogen) atoms. The zero-order valence-electron chi connectivity index (χ0n) is 11.9. The molecule has 0 aromatic carbocycles. The fourth-order valence-electron chi connectivity index (χ4n) is 4.19. The highest BCUT2D eigenvalue weighted by Crippen LogP contribution is 2.39. The number of fused-ring (bicyclic) bond motifs is 1. The van der Waals surface area contributed by atoms with Gasteiger partial charge in [-0.25, -0.2) is 0 Å². The van der Waals surface area contributed by atoms with Crippen molar-refractivity contribution < 1.29 is 0 Å². The van der Waals surface area contributed by atoms with Gasteiger partial charge in [0.25, 0.3) is 0 Å². The van der Waals surface area contributed by atoms with Crippen LogP contribution in [0.2, 0.25) is 0 Å². The number of hydrogen-bond acceptors (Lipinski definition) is 3. The molecule has 1 saturated carbocycles. The quantitative estimate of drug-likeness (QED) is 0.807. The SMILES string of the molecule is CCN(CC1CC1)C1(CN)CCN2CCCC2C1. The van der Waals surface area contributed by atoms with E-state index in [2.05, 4.69) is 16.7 Å². The summed E-state index contributed by atoms with van der Waals surface area (Å²) in [6.07, 6.45) is 8.33. The van der Waals surface area contributed by atoms with Crippen molar-refractivity contribution in [2.75, 3.05) is 32.7 Å². The molecule has 3 heteroatoms. The predicted octanol–water partition coefficient (Wildman–Crippen LogP) is 1.67. The summed E-state index contributed by atoms with van der Waals surface area (Å²) in [4.78, 5) is 5.44. The Morgan fingerprint density at radius 1 is 1.28 bits per heavy atom. The molecule has 2 atom stereocenters. The van der Waals surface area contributed by atoms with E-state index in [9.17, 15) is 0 Å². The lowest BCUT2D eigenvalue weighted by Gasteiger charge is -2.50. The molecule has 0 aromatic heterocycles. The van der Waals surface area contributed by atoms with E-state index in [0.717, 1.165) is 18.5 Å². The molecule has 2 unspecified atom stereocenters. The average Bonchev–Trinajstić information content (AvgIpc) is 3.11. The summed E-state index contributed by atoms with van der Waals surface area (Å²) in [6.45, 7) is 8.28. The summed E-state index contributed by atoms with van der Waals surface area (Å²) in [7, 11) is 0. The van der Waals surface area contributed by atoms with Crippen LogP contribution in [0, 0.1) is 5.92 Å². The standard InChI is InChI=1S/C15H29N3/c1-2-18(11-13-5-6-13)15(12-16)7-9-17-8-3-4-14(17)10-15/h13-14H,2-12,16H2,1H3. The van der Waals surface area contributed by atoms with E-state index >= 15 is 0 Å². The molecule has 2 heterocycles. The van der Waals surface area contributed by atoms with Gasteiger partial charge in [-0.15, -0.1) is 0 Å². The normalized spacial score (nSPS) is 37.2. The molecule has 2 N–H and O–H groups in total. The molecule has 3 rings (SSSR count). The molecule has 104 valence electrons. The van der Waals surface area contributed by atoms with Gasteiger partial charge in [-0.05, 0) is 57.5 Å². The highest BCUT2D eigenvalue weighted by Gasteiger charge is 2.44. The molecule has 3 aliphatic rings. The van der Waals surface area contributed by atoms with Gasteiger partial charge in [0.15, 0.2) is 0 Å². The smallest absolute Gasteiger partial charge is 0.0358 e. The maximum atomic E-state index is 6.23. The second-order valence-electron chi connectivity index (χ2n) is 6.70. The highest BCUT2D eigenvalue weighted by molar-refractivity contribution is 5.02. The number of nitrogens with zero attached hydrogens (tertiary/aromatic N) is 2. The molecular weight excluding hydrogens is 222 g/mol. The van der Waals surface area contributed by atoms with Crippen molar-refractivity contribution in [2.45, 2.75) is 57.0 Å². The van der Waals surface area contributed by atoms with Crippen molar-refractivity contribution >= 4 is 0 Å². The minimum atomic E-state index is 0.322. The molecule has 0 amide bonds. The molecule has 2 saturated heterocycles. The van der Waals surface area contributed by atoms with Gasteiger partial charge in [-0.2, -0.15) is 0 Å². The predicted molar refractivity (Wildman–Crippen MR) is 75.6 cm³/mol. The average molecular weight is 251 g/mol. The van der Waals surface area contributed by atoms with E-state index in [0.29, 0.717) is 5.54 Å². The van der Waals surface area contributed by atoms with Crippen molar-refractivity contribution in [1.29, 1.82) is 0 Å². The summed E-state index contributed by atoms with van der Waals surface area (Å²) >= 11 is 0. The minimum absolute atomic E-state index is 0.322. The molecule has 1 aliphatic carbocycles. The molecule has 2 aliphatic heterocycles. The summed E-state index contributed by atoms with van der Waals surface area (Å²) in [6, 6.07) is 0.829. The van der Waals surface area contributed by atoms with Crippen LogP contribution in [0.15, 0.2) is 0 Å². The number of rotatable bonds is 5. The summed E-state index contributed by atoms with van der Waals surface area (Å²) in [5, 5.41) is 0. The molecule has 3 fully saturated rings. The van der Waals surface area contributed by atoms with Crippen LogP contribution < -0.4 is 5.73 Å². The fraction of sp³-hybridized carbons (Fsp3) is 1.00. The van der Waals surface area contributed by atoms with Gasteiger partial charge in [0.05, 0.1) is 0 Å². The zero-order valence-corrected chi connectivity index (χ0v) is 11.9. The lowest BCUT2D eigenvalue weighted by atomic mass is 9.81. The summed E-state index contributed by atoms with van der Waals surface area (Å²) < 4.78 is 0. The van der Waals surface area contributed by atoms with Crippen LogP contribution in [-0.4, -0.2) is 54.1 Å². The molecule has 0 spiro atoms. The van der Waals surface area contributed by atoms with Crippen molar-refractivity contribution in [2.24, 2.45) is 11.7 Å². The monoisotopic (exact) mass is 251 g/mol. The van der Waals surface area contributed by atoms with Crippen molar-refractivity contribution in [3.05, 3.63) is 0 Å². The Bertz CT molecular complexity index is 289. The Labute approximate surface area is 112 Å². The Morgan fingerprint density at radius 2 is 2.11 bits per heavy atom. The first-order chi connectivity index (χ1) is 8.77. The first-order valence-corrected chi connectivity index (χ1v) is 7.96. The number of nitrogens with two attached hydrogens (primary N) is 1. The Balaban J connectivity index is 1.71.